The molecule has 0 saturated carbocycles. The van der Waals surface area contributed by atoms with Gasteiger partial charge in [0.1, 0.15) is 4.60 Å². The van der Waals surface area contributed by atoms with Crippen LogP contribution in [-0.2, 0) is 0 Å². The van der Waals surface area contributed by atoms with Gasteiger partial charge in [-0.05, 0) is 28.9 Å². The Morgan fingerprint density at radius 3 is 3.14 bits per heavy atom. The molecular weight excluding hydrogens is 248 g/mol. The van der Waals surface area contributed by atoms with Gasteiger partial charge in [0, 0.05) is 12.6 Å². The van der Waals surface area contributed by atoms with Crippen LogP contribution in [0.1, 0.15) is 6.42 Å². The maximum Gasteiger partial charge on any atom is 0.291 e. The molecule has 6 heteroatoms. The summed E-state index contributed by atoms with van der Waals surface area (Å²) in [6, 6.07) is 0.310. The largest absolute Gasteiger partial charge is 0.361 e. The molecular formula is C8H11BrN4O. The van der Waals surface area contributed by atoms with Crippen LogP contribution >= 0.6 is 15.9 Å². The van der Waals surface area contributed by atoms with Gasteiger partial charge in [-0.2, -0.15) is 0 Å². The summed E-state index contributed by atoms with van der Waals surface area (Å²) in [5.74, 6) is 0.391. The Labute approximate surface area is 89.5 Å². The molecule has 14 heavy (non-hydrogen) atoms. The Hall–Kier alpha value is -0.880. The van der Waals surface area contributed by atoms with Gasteiger partial charge in [0.2, 0.25) is 0 Å². The molecule has 1 aromatic rings. The van der Waals surface area contributed by atoms with E-state index in [-0.39, 0.29) is 5.56 Å². The van der Waals surface area contributed by atoms with E-state index >= 15 is 0 Å². The minimum atomic E-state index is -0.189. The lowest BCUT2D eigenvalue weighted by molar-refractivity contribution is 0.783. The lowest BCUT2D eigenvalue weighted by Crippen LogP contribution is -2.27. The SMILES string of the molecule is O=c1[nH]c(Br)cnc1NC1CCNC1. The molecule has 1 saturated heterocycles. The van der Waals surface area contributed by atoms with Crippen LogP contribution in [0.4, 0.5) is 5.82 Å². The van der Waals surface area contributed by atoms with Gasteiger partial charge in [-0.15, -0.1) is 0 Å². The maximum absolute atomic E-state index is 11.4. The first-order chi connectivity index (χ1) is 6.75. The van der Waals surface area contributed by atoms with Crippen molar-refractivity contribution >= 4 is 21.7 Å². The first kappa shape index (κ1) is 9.67. The predicted octanol–water partition coefficient (Wildman–Crippen LogP) is 0.306. The van der Waals surface area contributed by atoms with Crippen LogP contribution < -0.4 is 16.2 Å². The molecule has 0 bridgehead atoms. The van der Waals surface area contributed by atoms with Crippen molar-refractivity contribution in [3.05, 3.63) is 21.2 Å². The van der Waals surface area contributed by atoms with Crippen molar-refractivity contribution in [1.29, 1.82) is 0 Å². The second kappa shape index (κ2) is 4.10. The fourth-order valence-corrected chi connectivity index (χ4v) is 1.74. The molecule has 1 aliphatic rings. The molecule has 1 atom stereocenters. The lowest BCUT2D eigenvalue weighted by atomic mass is 10.3. The molecule has 76 valence electrons. The zero-order valence-corrected chi connectivity index (χ0v) is 9.10. The van der Waals surface area contributed by atoms with Crippen molar-refractivity contribution in [2.24, 2.45) is 0 Å². The van der Waals surface area contributed by atoms with E-state index in [1.54, 1.807) is 6.20 Å². The second-order valence-electron chi connectivity index (χ2n) is 3.24. The average Bonchev–Trinajstić information content (AvgIpc) is 2.62. The van der Waals surface area contributed by atoms with Gasteiger partial charge in [-0.1, -0.05) is 0 Å². The van der Waals surface area contributed by atoms with Crippen molar-refractivity contribution in [2.75, 3.05) is 18.4 Å². The summed E-state index contributed by atoms with van der Waals surface area (Å²) in [5.41, 5.74) is -0.189. The van der Waals surface area contributed by atoms with Crippen LogP contribution in [0, 0.1) is 0 Å². The number of nitrogens with zero attached hydrogens (tertiary/aromatic N) is 1. The summed E-state index contributed by atoms with van der Waals surface area (Å²) in [6.07, 6.45) is 2.60. The maximum atomic E-state index is 11.4. The third-order valence-electron chi connectivity index (χ3n) is 2.16. The van der Waals surface area contributed by atoms with Crippen LogP contribution in [0.5, 0.6) is 0 Å². The molecule has 5 nitrogen and oxygen atoms in total. The van der Waals surface area contributed by atoms with E-state index in [4.69, 9.17) is 0 Å². The first-order valence-electron chi connectivity index (χ1n) is 4.48. The fraction of sp³-hybridized carbons (Fsp3) is 0.500. The highest BCUT2D eigenvalue weighted by atomic mass is 79.9. The summed E-state index contributed by atoms with van der Waals surface area (Å²) in [4.78, 5) is 18.0. The van der Waals surface area contributed by atoms with Crippen LogP contribution in [-0.4, -0.2) is 29.1 Å². The summed E-state index contributed by atoms with van der Waals surface area (Å²) in [7, 11) is 0. The molecule has 1 fully saturated rings. The van der Waals surface area contributed by atoms with Gasteiger partial charge >= 0.3 is 0 Å². The van der Waals surface area contributed by atoms with E-state index in [1.807, 2.05) is 0 Å². The van der Waals surface area contributed by atoms with Gasteiger partial charge in [0.15, 0.2) is 5.82 Å². The second-order valence-corrected chi connectivity index (χ2v) is 4.10. The van der Waals surface area contributed by atoms with Gasteiger partial charge in [-0.3, -0.25) is 4.79 Å². The van der Waals surface area contributed by atoms with E-state index in [0.717, 1.165) is 19.5 Å². The molecule has 3 N–H and O–H groups in total. The minimum absolute atomic E-state index is 0.189. The molecule has 2 rings (SSSR count). The number of aromatic amines is 1. The third-order valence-corrected chi connectivity index (χ3v) is 2.56. The third kappa shape index (κ3) is 2.13. The van der Waals surface area contributed by atoms with Gasteiger partial charge in [0.25, 0.3) is 5.56 Å². The summed E-state index contributed by atoms with van der Waals surface area (Å²) < 4.78 is 0.595. The molecule has 2 heterocycles. The number of anilines is 1. The van der Waals surface area contributed by atoms with Crippen molar-refractivity contribution in [2.45, 2.75) is 12.5 Å². The average molecular weight is 259 g/mol. The van der Waals surface area contributed by atoms with Crippen molar-refractivity contribution < 1.29 is 0 Å². The van der Waals surface area contributed by atoms with Gasteiger partial charge in [0.05, 0.1) is 6.20 Å². The number of rotatable bonds is 2. The number of hydrogen-bond donors (Lipinski definition) is 3. The summed E-state index contributed by atoms with van der Waals surface area (Å²) >= 11 is 3.15. The minimum Gasteiger partial charge on any atom is -0.361 e. The topological polar surface area (TPSA) is 69.8 Å². The molecule has 1 unspecified atom stereocenters. The van der Waals surface area contributed by atoms with Crippen molar-refractivity contribution in [3.8, 4) is 0 Å². The normalized spacial score (nSPS) is 21.1. The standard InChI is InChI=1S/C8H11BrN4O/c9-6-4-11-7(8(14)13-6)12-5-1-2-10-3-5/h4-5,10H,1-3H2,(H,11,12)(H,13,14). The van der Waals surface area contributed by atoms with E-state index in [2.05, 4.69) is 36.5 Å². The number of nitrogens with one attached hydrogen (secondary N) is 3. The molecule has 0 aromatic carbocycles. The molecule has 1 aliphatic heterocycles. The highest BCUT2D eigenvalue weighted by molar-refractivity contribution is 9.10. The van der Waals surface area contributed by atoms with E-state index in [0.29, 0.717) is 16.5 Å². The van der Waals surface area contributed by atoms with Gasteiger partial charge < -0.3 is 15.6 Å². The van der Waals surface area contributed by atoms with Crippen LogP contribution in [0.3, 0.4) is 0 Å². The number of hydrogen-bond acceptors (Lipinski definition) is 4. The zero-order chi connectivity index (χ0) is 9.97. The Morgan fingerprint density at radius 2 is 2.50 bits per heavy atom. The lowest BCUT2D eigenvalue weighted by Gasteiger charge is -2.10. The monoisotopic (exact) mass is 258 g/mol. The van der Waals surface area contributed by atoms with Crippen LogP contribution in [0.25, 0.3) is 0 Å². The highest BCUT2D eigenvalue weighted by Crippen LogP contribution is 2.06. The molecule has 0 radical (unpaired) electrons. The van der Waals surface area contributed by atoms with E-state index in [1.165, 1.54) is 0 Å². The molecule has 0 spiro atoms. The van der Waals surface area contributed by atoms with E-state index < -0.39 is 0 Å². The quantitative estimate of drug-likeness (QED) is 0.714. The van der Waals surface area contributed by atoms with Crippen molar-refractivity contribution in [3.63, 3.8) is 0 Å². The van der Waals surface area contributed by atoms with Gasteiger partial charge in [-0.25, -0.2) is 4.98 Å². The predicted molar refractivity (Wildman–Crippen MR) is 57.5 cm³/mol. The number of halogens is 1. The molecule has 0 aliphatic carbocycles. The molecule has 1 aromatic heterocycles. The Bertz CT molecular complexity index is 372. The number of aromatic nitrogens is 2. The Balaban J connectivity index is 2.12. The first-order valence-corrected chi connectivity index (χ1v) is 5.27. The zero-order valence-electron chi connectivity index (χ0n) is 7.51. The Morgan fingerprint density at radius 1 is 1.64 bits per heavy atom. The van der Waals surface area contributed by atoms with E-state index in [9.17, 15) is 4.79 Å². The highest BCUT2D eigenvalue weighted by Gasteiger charge is 2.15. The Kier molecular flexibility index (Phi) is 2.83. The summed E-state index contributed by atoms with van der Waals surface area (Å²) in [6.45, 7) is 1.88. The fourth-order valence-electron chi connectivity index (χ4n) is 1.45. The molecule has 0 amide bonds. The van der Waals surface area contributed by atoms with Crippen LogP contribution in [0.2, 0.25) is 0 Å². The smallest absolute Gasteiger partial charge is 0.291 e. The van der Waals surface area contributed by atoms with Crippen molar-refractivity contribution in [1.82, 2.24) is 15.3 Å². The number of H-pyrrole nitrogens is 1. The van der Waals surface area contributed by atoms with Crippen LogP contribution in [0.15, 0.2) is 15.6 Å². The summed E-state index contributed by atoms with van der Waals surface area (Å²) in [5, 5.41) is 6.31.